The van der Waals surface area contributed by atoms with Gasteiger partial charge < -0.3 is 4.90 Å². The highest BCUT2D eigenvalue weighted by Gasteiger charge is 2.19. The Morgan fingerprint density at radius 1 is 1.30 bits per heavy atom. The van der Waals surface area contributed by atoms with Crippen LogP contribution in [0.3, 0.4) is 0 Å². The maximum atomic E-state index is 13.2. The second-order valence-electron chi connectivity index (χ2n) is 4.87. The lowest BCUT2D eigenvalue weighted by Crippen LogP contribution is -2.30. The van der Waals surface area contributed by atoms with Crippen LogP contribution in [0.1, 0.15) is 22.8 Å². The van der Waals surface area contributed by atoms with Crippen LogP contribution >= 0.6 is 15.9 Å². The van der Waals surface area contributed by atoms with Crippen molar-refractivity contribution in [3.05, 3.63) is 74.0 Å². The van der Waals surface area contributed by atoms with Gasteiger partial charge in [-0.15, -0.1) is 0 Å². The van der Waals surface area contributed by atoms with E-state index in [4.69, 9.17) is 0 Å². The van der Waals surface area contributed by atoms with Gasteiger partial charge in [0.05, 0.1) is 9.40 Å². The Hall–Kier alpha value is -2.28. The molecule has 1 amide bonds. The van der Waals surface area contributed by atoms with E-state index in [1.807, 2.05) is 0 Å². The second kappa shape index (κ2) is 7.32. The Balaban J connectivity index is 2.26. The van der Waals surface area contributed by atoms with E-state index in [-0.39, 0.29) is 29.5 Å². The number of nitrogens with zero attached hydrogens (tertiary/aromatic N) is 2. The summed E-state index contributed by atoms with van der Waals surface area (Å²) >= 11 is 3.09. The monoisotopic (exact) mass is 380 g/mol. The van der Waals surface area contributed by atoms with Crippen molar-refractivity contribution in [2.75, 3.05) is 6.54 Å². The summed E-state index contributed by atoms with van der Waals surface area (Å²) in [4.78, 5) is 24.5. The Morgan fingerprint density at radius 2 is 2.04 bits per heavy atom. The Bertz CT molecular complexity index is 752. The van der Waals surface area contributed by atoms with Crippen molar-refractivity contribution in [1.82, 2.24) is 4.90 Å². The van der Waals surface area contributed by atoms with Gasteiger partial charge in [0.15, 0.2) is 0 Å². The first kappa shape index (κ1) is 17.1. The standard InChI is InChI=1S/C16H14BrFN2O3/c1-2-19(10-11-4-3-5-13(18)8-11)16(21)12-6-7-14(17)15(9-12)20(22)23/h3-9H,2,10H2,1H3. The molecule has 120 valence electrons. The third-order valence-corrected chi connectivity index (χ3v) is 3.99. The van der Waals surface area contributed by atoms with E-state index in [2.05, 4.69) is 15.9 Å². The van der Waals surface area contributed by atoms with Gasteiger partial charge in [-0.3, -0.25) is 14.9 Å². The molecule has 5 nitrogen and oxygen atoms in total. The summed E-state index contributed by atoms with van der Waals surface area (Å²) in [5.41, 5.74) is 0.711. The Kier molecular flexibility index (Phi) is 5.44. The largest absolute Gasteiger partial charge is 0.335 e. The number of amides is 1. The molecule has 0 aliphatic heterocycles. The fourth-order valence-corrected chi connectivity index (χ4v) is 2.54. The molecule has 0 unspecified atom stereocenters. The molecule has 0 bridgehead atoms. The van der Waals surface area contributed by atoms with Crippen molar-refractivity contribution in [1.29, 1.82) is 0 Å². The lowest BCUT2D eigenvalue weighted by Gasteiger charge is -2.21. The smallest absolute Gasteiger partial charge is 0.284 e. The first-order valence-corrected chi connectivity index (χ1v) is 7.69. The van der Waals surface area contributed by atoms with Crippen LogP contribution in [0.4, 0.5) is 10.1 Å². The molecule has 0 aliphatic carbocycles. The van der Waals surface area contributed by atoms with Gasteiger partial charge in [-0.25, -0.2) is 4.39 Å². The summed E-state index contributed by atoms with van der Waals surface area (Å²) in [5, 5.41) is 11.0. The van der Waals surface area contributed by atoms with Crippen LogP contribution in [0.15, 0.2) is 46.9 Å². The highest BCUT2D eigenvalue weighted by Crippen LogP contribution is 2.26. The summed E-state index contributed by atoms with van der Waals surface area (Å²) in [6.45, 7) is 2.43. The van der Waals surface area contributed by atoms with E-state index in [9.17, 15) is 19.3 Å². The summed E-state index contributed by atoms with van der Waals surface area (Å²) in [6.07, 6.45) is 0. The van der Waals surface area contributed by atoms with Gasteiger partial charge in [0, 0.05) is 24.7 Å². The first-order chi connectivity index (χ1) is 10.9. The molecule has 0 saturated heterocycles. The quantitative estimate of drug-likeness (QED) is 0.577. The van der Waals surface area contributed by atoms with Gasteiger partial charge in [0.2, 0.25) is 0 Å². The van der Waals surface area contributed by atoms with Crippen LogP contribution in [0.2, 0.25) is 0 Å². The van der Waals surface area contributed by atoms with Gasteiger partial charge in [0.25, 0.3) is 11.6 Å². The highest BCUT2D eigenvalue weighted by atomic mass is 79.9. The molecule has 0 saturated carbocycles. The number of carbonyl (C=O) groups is 1. The molecule has 7 heteroatoms. The number of rotatable bonds is 5. The van der Waals surface area contributed by atoms with Crippen molar-refractivity contribution in [3.8, 4) is 0 Å². The molecule has 0 aliphatic rings. The Morgan fingerprint density at radius 3 is 2.65 bits per heavy atom. The summed E-state index contributed by atoms with van der Waals surface area (Å²) in [7, 11) is 0. The third-order valence-electron chi connectivity index (χ3n) is 3.32. The van der Waals surface area contributed by atoms with Crippen molar-refractivity contribution >= 4 is 27.5 Å². The average molecular weight is 381 g/mol. The van der Waals surface area contributed by atoms with E-state index in [1.54, 1.807) is 19.1 Å². The van der Waals surface area contributed by atoms with Crippen LogP contribution in [-0.4, -0.2) is 22.3 Å². The number of carbonyl (C=O) groups excluding carboxylic acids is 1. The van der Waals surface area contributed by atoms with E-state index in [1.165, 1.54) is 35.2 Å². The topological polar surface area (TPSA) is 63.5 Å². The minimum absolute atomic E-state index is 0.169. The zero-order chi connectivity index (χ0) is 17.0. The van der Waals surface area contributed by atoms with Gasteiger partial charge in [0.1, 0.15) is 5.82 Å². The lowest BCUT2D eigenvalue weighted by atomic mass is 10.1. The molecule has 23 heavy (non-hydrogen) atoms. The highest BCUT2D eigenvalue weighted by molar-refractivity contribution is 9.10. The normalized spacial score (nSPS) is 10.4. The van der Waals surface area contributed by atoms with Crippen LogP contribution < -0.4 is 0 Å². The second-order valence-corrected chi connectivity index (χ2v) is 5.73. The fraction of sp³-hybridized carbons (Fsp3) is 0.188. The zero-order valence-corrected chi connectivity index (χ0v) is 13.9. The van der Waals surface area contributed by atoms with Gasteiger partial charge in [-0.1, -0.05) is 12.1 Å². The van der Waals surface area contributed by atoms with Gasteiger partial charge in [-0.2, -0.15) is 0 Å². The zero-order valence-electron chi connectivity index (χ0n) is 12.3. The summed E-state index contributed by atoms with van der Waals surface area (Å²) in [6, 6.07) is 10.2. The minimum atomic E-state index is -0.552. The summed E-state index contributed by atoms with van der Waals surface area (Å²) in [5.74, 6) is -0.711. The molecule has 0 spiro atoms. The molecule has 0 fully saturated rings. The molecule has 0 aromatic heterocycles. The van der Waals surface area contributed by atoms with Crippen LogP contribution in [-0.2, 0) is 6.54 Å². The molecule has 0 heterocycles. The maximum Gasteiger partial charge on any atom is 0.284 e. The predicted molar refractivity (Wildman–Crippen MR) is 87.6 cm³/mol. The molecule has 0 atom stereocenters. The van der Waals surface area contributed by atoms with Crippen LogP contribution in [0, 0.1) is 15.9 Å². The van der Waals surface area contributed by atoms with Crippen LogP contribution in [0.25, 0.3) is 0 Å². The number of hydrogen-bond acceptors (Lipinski definition) is 3. The van der Waals surface area contributed by atoms with Gasteiger partial charge >= 0.3 is 0 Å². The van der Waals surface area contributed by atoms with Crippen LogP contribution in [0.5, 0.6) is 0 Å². The third kappa shape index (κ3) is 4.13. The van der Waals surface area contributed by atoms with Gasteiger partial charge in [-0.05, 0) is 52.7 Å². The SMILES string of the molecule is CCN(Cc1cccc(F)c1)C(=O)c1ccc(Br)c([N+](=O)[O-])c1. The van der Waals surface area contributed by atoms with Crippen molar-refractivity contribution < 1.29 is 14.1 Å². The summed E-state index contributed by atoms with van der Waals surface area (Å²) < 4.78 is 13.6. The van der Waals surface area contributed by atoms with Crippen molar-refractivity contribution in [3.63, 3.8) is 0 Å². The van der Waals surface area contributed by atoms with Crippen molar-refractivity contribution in [2.45, 2.75) is 13.5 Å². The predicted octanol–water partition coefficient (Wildman–Crippen LogP) is 4.16. The average Bonchev–Trinajstić information content (AvgIpc) is 2.52. The number of nitro groups is 1. The number of nitro benzene ring substituents is 1. The maximum absolute atomic E-state index is 13.2. The number of benzene rings is 2. The minimum Gasteiger partial charge on any atom is -0.335 e. The van der Waals surface area contributed by atoms with E-state index in [0.29, 0.717) is 16.6 Å². The van der Waals surface area contributed by atoms with Crippen molar-refractivity contribution in [2.24, 2.45) is 0 Å². The molecule has 0 N–H and O–H groups in total. The molecular weight excluding hydrogens is 367 g/mol. The molecule has 2 aromatic carbocycles. The lowest BCUT2D eigenvalue weighted by molar-refractivity contribution is -0.385. The first-order valence-electron chi connectivity index (χ1n) is 6.90. The fourth-order valence-electron chi connectivity index (χ4n) is 2.15. The van der Waals surface area contributed by atoms with E-state index < -0.39 is 4.92 Å². The number of halogens is 2. The molecule has 0 radical (unpaired) electrons. The van der Waals surface area contributed by atoms with E-state index in [0.717, 1.165) is 0 Å². The molecular formula is C16H14BrFN2O3. The Labute approximate surface area is 141 Å². The van der Waals surface area contributed by atoms with E-state index >= 15 is 0 Å². The molecule has 2 rings (SSSR count). The number of hydrogen-bond donors (Lipinski definition) is 0. The molecule has 2 aromatic rings.